The van der Waals surface area contributed by atoms with Crippen LogP contribution in [-0.4, -0.2) is 32.5 Å². The van der Waals surface area contributed by atoms with Crippen LogP contribution in [0.2, 0.25) is 19.6 Å². The summed E-state index contributed by atoms with van der Waals surface area (Å²) in [5.41, 5.74) is 0.784. The van der Waals surface area contributed by atoms with Crippen molar-refractivity contribution in [3.05, 3.63) is 17.7 Å². The molecule has 3 nitrogen and oxygen atoms in total. The van der Waals surface area contributed by atoms with E-state index in [1.54, 1.807) is 7.11 Å². The summed E-state index contributed by atoms with van der Waals surface area (Å²) in [6.07, 6.45) is 5.56. The van der Waals surface area contributed by atoms with Gasteiger partial charge in [0.05, 0.1) is 21.2 Å². The van der Waals surface area contributed by atoms with E-state index >= 15 is 0 Å². The molecule has 0 aliphatic heterocycles. The van der Waals surface area contributed by atoms with Crippen LogP contribution in [0.1, 0.15) is 38.7 Å². The Bertz CT molecular complexity index is 608. The summed E-state index contributed by atoms with van der Waals surface area (Å²) in [7, 11) is 9.90. The van der Waals surface area contributed by atoms with Gasteiger partial charge in [-0.15, -0.1) is 0 Å². The number of nitrogens with zero attached hydrogens (tertiary/aromatic N) is 1. The average molecular weight is 496 g/mol. The Morgan fingerprint density at radius 1 is 1.23 bits per heavy atom. The molecule has 1 saturated carbocycles. The molecular weight excluding hydrogens is 464 g/mol. The molecule has 3 unspecified atom stereocenters. The molecule has 0 aromatic heterocycles. The third-order valence-corrected chi connectivity index (χ3v) is 7.22. The predicted octanol–water partition coefficient (Wildman–Crippen LogP) is 5.57. The number of aromatic hydroxyl groups is 1. The molecule has 26 heavy (non-hydrogen) atoms. The molecule has 0 bridgehead atoms. The second kappa shape index (κ2) is 11.2. The van der Waals surface area contributed by atoms with Crippen LogP contribution < -0.4 is 9.92 Å². The van der Waals surface area contributed by atoms with Gasteiger partial charge in [0, 0.05) is 11.8 Å². The quantitative estimate of drug-likeness (QED) is 0.439. The van der Waals surface area contributed by atoms with Gasteiger partial charge in [-0.1, -0.05) is 46.3 Å². The van der Waals surface area contributed by atoms with Gasteiger partial charge < -0.3 is 9.84 Å². The molecule has 1 aromatic rings. The van der Waals surface area contributed by atoms with Crippen molar-refractivity contribution in [2.24, 2.45) is 16.8 Å². The fourth-order valence-corrected chi connectivity index (χ4v) is 4.79. The van der Waals surface area contributed by atoms with Crippen molar-refractivity contribution >= 4 is 36.5 Å². The number of halogens is 2. The Morgan fingerprint density at radius 3 is 2.38 bits per heavy atom. The summed E-state index contributed by atoms with van der Waals surface area (Å²) in [6.45, 7) is 11.3. The molecular formula is C19H31Cl2NO2SiZr. The van der Waals surface area contributed by atoms with E-state index in [4.69, 9.17) is 26.8 Å². The van der Waals surface area contributed by atoms with Crippen molar-refractivity contribution in [3.63, 3.8) is 0 Å². The zero-order valence-electron chi connectivity index (χ0n) is 16.6. The average Bonchev–Trinajstić information content (AvgIpc) is 2.57. The number of methoxy groups -OCH3 is 1. The molecule has 0 radical (unpaired) electrons. The molecule has 0 amide bonds. The number of phenolic OH excluding ortho intramolecular Hbond substituents is 1. The van der Waals surface area contributed by atoms with E-state index in [2.05, 4.69) is 33.5 Å². The van der Waals surface area contributed by atoms with Crippen LogP contribution in [0.25, 0.3) is 0 Å². The fourth-order valence-electron chi connectivity index (χ4n) is 3.36. The summed E-state index contributed by atoms with van der Waals surface area (Å²) in [5.74, 6) is 2.50. The Kier molecular flexibility index (Phi) is 10.5. The first-order chi connectivity index (χ1) is 12.1. The van der Waals surface area contributed by atoms with Crippen molar-refractivity contribution in [2.45, 2.75) is 58.8 Å². The first-order valence-electron chi connectivity index (χ1n) is 9.06. The second-order valence-electron chi connectivity index (χ2n) is 8.05. The van der Waals surface area contributed by atoms with E-state index in [1.165, 1.54) is 12.8 Å². The molecule has 1 aromatic carbocycles. The Labute approximate surface area is 178 Å². The summed E-state index contributed by atoms with van der Waals surface area (Å²) in [5, 5.41) is 11.7. The topological polar surface area (TPSA) is 41.8 Å². The van der Waals surface area contributed by atoms with E-state index in [0.29, 0.717) is 17.7 Å². The number of hydrogen-bond donors (Lipinski definition) is 1. The summed E-state index contributed by atoms with van der Waals surface area (Å²) in [4.78, 5) is 4.82. The summed E-state index contributed by atoms with van der Waals surface area (Å²) >= 11 is -0.826. The third kappa shape index (κ3) is 6.96. The normalized spacial score (nSPS) is 23.3. The molecule has 1 aliphatic rings. The Hall–Kier alpha value is 0.170. The van der Waals surface area contributed by atoms with Crippen LogP contribution in [0.3, 0.4) is 0 Å². The number of phenols is 1. The van der Waals surface area contributed by atoms with Crippen LogP contribution >= 0.6 is 17.0 Å². The SMILES string of the molecule is COc1cc(C=NC2CCCC(C)C2C)c(O)c([Si](C)(C)C)c1.[Cl][Zr][Cl]. The molecule has 0 saturated heterocycles. The molecule has 1 N–H and O–H groups in total. The van der Waals surface area contributed by atoms with Crippen LogP contribution in [0.15, 0.2) is 17.1 Å². The van der Waals surface area contributed by atoms with Gasteiger partial charge in [-0.05, 0) is 35.6 Å². The zero-order chi connectivity index (χ0) is 19.9. The van der Waals surface area contributed by atoms with Crippen molar-refractivity contribution in [1.29, 1.82) is 0 Å². The monoisotopic (exact) mass is 493 g/mol. The molecule has 7 heteroatoms. The number of hydrogen-bond acceptors (Lipinski definition) is 3. The molecule has 0 heterocycles. The van der Waals surface area contributed by atoms with Crippen LogP contribution in [-0.2, 0) is 20.8 Å². The number of rotatable bonds is 4. The first kappa shape index (κ1) is 24.2. The predicted molar refractivity (Wildman–Crippen MR) is 113 cm³/mol. The molecule has 1 aliphatic carbocycles. The van der Waals surface area contributed by atoms with E-state index in [-0.39, 0.29) is 0 Å². The number of aliphatic imine (C=N–C) groups is 1. The van der Waals surface area contributed by atoms with Crippen molar-refractivity contribution in [3.8, 4) is 11.5 Å². The van der Waals surface area contributed by atoms with Gasteiger partial charge in [-0.25, -0.2) is 0 Å². The number of benzene rings is 1. The Morgan fingerprint density at radius 2 is 1.85 bits per heavy atom. The van der Waals surface area contributed by atoms with Crippen molar-refractivity contribution in [2.75, 3.05) is 7.11 Å². The minimum atomic E-state index is -1.64. The zero-order valence-corrected chi connectivity index (χ0v) is 21.6. The minimum absolute atomic E-state index is 0.361. The number of ether oxygens (including phenoxy) is 1. The summed E-state index contributed by atoms with van der Waals surface area (Å²) < 4.78 is 5.43. The molecule has 146 valence electrons. The van der Waals surface area contributed by atoms with Crippen LogP contribution in [0.4, 0.5) is 0 Å². The van der Waals surface area contributed by atoms with Gasteiger partial charge >= 0.3 is 37.9 Å². The van der Waals surface area contributed by atoms with Gasteiger partial charge in [0.2, 0.25) is 0 Å². The maximum absolute atomic E-state index is 10.7. The van der Waals surface area contributed by atoms with Gasteiger partial charge in [-0.3, -0.25) is 4.99 Å². The Balaban J connectivity index is 0.00000105. The molecule has 1 fully saturated rings. The van der Waals surface area contributed by atoms with Crippen LogP contribution in [0.5, 0.6) is 11.5 Å². The van der Waals surface area contributed by atoms with Gasteiger partial charge in [0.15, 0.2) is 0 Å². The van der Waals surface area contributed by atoms with Gasteiger partial charge in [0.1, 0.15) is 11.5 Å². The fraction of sp³-hybridized carbons (Fsp3) is 0.632. The van der Waals surface area contributed by atoms with E-state index in [1.807, 2.05) is 18.3 Å². The van der Waals surface area contributed by atoms with Crippen LogP contribution in [0, 0.1) is 11.8 Å². The van der Waals surface area contributed by atoms with E-state index in [0.717, 1.165) is 28.8 Å². The standard InChI is InChI=1S/C19H31NO2Si.2ClH.Zr/c1-13-8-7-9-17(14(13)2)20-12-15-10-16(22-3)11-18(19(15)21)23(4,5)6;;;/h10-14,17,21H,7-9H2,1-6H3;2*1H;/q;;;+2/p-2. The molecule has 0 spiro atoms. The van der Waals surface area contributed by atoms with Gasteiger partial charge in [0.25, 0.3) is 0 Å². The van der Waals surface area contributed by atoms with Gasteiger partial charge in [-0.2, -0.15) is 0 Å². The molecule has 3 atom stereocenters. The van der Waals surface area contributed by atoms with E-state index in [9.17, 15) is 5.11 Å². The maximum atomic E-state index is 10.7. The van der Waals surface area contributed by atoms with Crippen molar-refractivity contribution < 1.29 is 30.7 Å². The summed E-state index contributed by atoms with van der Waals surface area (Å²) in [6, 6.07) is 4.23. The van der Waals surface area contributed by atoms with E-state index < -0.39 is 28.9 Å². The second-order valence-corrected chi connectivity index (χ2v) is 16.8. The third-order valence-electron chi connectivity index (χ3n) is 5.23. The first-order valence-corrected chi connectivity index (χ1v) is 18.9. The molecule has 2 rings (SSSR count). The van der Waals surface area contributed by atoms with Crippen molar-refractivity contribution in [1.82, 2.24) is 0 Å².